The fourth-order valence-corrected chi connectivity index (χ4v) is 3.14. The van der Waals surface area contributed by atoms with E-state index in [1.807, 2.05) is 4.90 Å². The van der Waals surface area contributed by atoms with Crippen molar-refractivity contribution in [1.82, 2.24) is 19.9 Å². The third-order valence-corrected chi connectivity index (χ3v) is 4.42. The highest BCUT2D eigenvalue weighted by Gasteiger charge is 2.18. The Morgan fingerprint density at radius 1 is 1.22 bits per heavy atom. The van der Waals surface area contributed by atoms with Gasteiger partial charge in [0.1, 0.15) is 5.69 Å². The van der Waals surface area contributed by atoms with Gasteiger partial charge in [0.2, 0.25) is 5.91 Å². The van der Waals surface area contributed by atoms with Gasteiger partial charge in [0.05, 0.1) is 18.3 Å². The second kappa shape index (κ2) is 7.28. The second-order valence-corrected chi connectivity index (χ2v) is 6.17. The molecule has 0 aliphatic carbocycles. The average Bonchev–Trinajstić information content (AvgIpc) is 3.03. The number of hydrogen-bond acceptors (Lipinski definition) is 6. The Morgan fingerprint density at radius 3 is 2.78 bits per heavy atom. The van der Waals surface area contributed by atoms with Crippen LogP contribution in [0.4, 0.5) is 5.13 Å². The Hall–Kier alpha value is -2.35. The molecule has 0 bridgehead atoms. The lowest BCUT2D eigenvalue weighted by Crippen LogP contribution is -2.36. The molecule has 2 amide bonds. The normalized spacial score (nSPS) is 14.5. The summed E-state index contributed by atoms with van der Waals surface area (Å²) < 4.78 is 0. The van der Waals surface area contributed by atoms with E-state index in [0.29, 0.717) is 10.8 Å². The maximum atomic E-state index is 12.2. The molecule has 1 aliphatic rings. The lowest BCUT2D eigenvalue weighted by molar-refractivity contribution is -0.131. The lowest BCUT2D eigenvalue weighted by Gasteiger charge is -2.26. The fourth-order valence-electron chi connectivity index (χ4n) is 2.43. The van der Waals surface area contributed by atoms with Crippen molar-refractivity contribution in [2.75, 3.05) is 18.4 Å². The van der Waals surface area contributed by atoms with E-state index >= 15 is 0 Å². The van der Waals surface area contributed by atoms with Crippen LogP contribution in [0.5, 0.6) is 0 Å². The third-order valence-electron chi connectivity index (χ3n) is 3.61. The van der Waals surface area contributed by atoms with Crippen LogP contribution in [-0.2, 0) is 11.2 Å². The van der Waals surface area contributed by atoms with Gasteiger partial charge in [-0.15, -0.1) is 11.3 Å². The van der Waals surface area contributed by atoms with Gasteiger partial charge in [-0.25, -0.2) is 9.97 Å². The van der Waals surface area contributed by atoms with Crippen LogP contribution >= 0.6 is 11.3 Å². The van der Waals surface area contributed by atoms with Crippen molar-refractivity contribution in [3.8, 4) is 0 Å². The van der Waals surface area contributed by atoms with Gasteiger partial charge < -0.3 is 4.90 Å². The number of carbonyl (C=O) groups excluding carboxylic acids is 2. The molecule has 0 radical (unpaired) electrons. The Balaban J connectivity index is 1.57. The zero-order valence-corrected chi connectivity index (χ0v) is 13.4. The fraction of sp³-hybridized carbons (Fsp3) is 0.400. The summed E-state index contributed by atoms with van der Waals surface area (Å²) in [6.07, 6.45) is 7.97. The van der Waals surface area contributed by atoms with Crippen LogP contribution in [0.3, 0.4) is 0 Å². The Bertz CT molecular complexity index is 682. The van der Waals surface area contributed by atoms with Gasteiger partial charge in [0.25, 0.3) is 5.91 Å². The first-order valence-electron chi connectivity index (χ1n) is 7.52. The Labute approximate surface area is 137 Å². The first kappa shape index (κ1) is 15.5. The highest BCUT2D eigenvalue weighted by Crippen LogP contribution is 2.18. The number of hydrogen-bond donors (Lipinski definition) is 1. The minimum Gasteiger partial charge on any atom is -0.342 e. The van der Waals surface area contributed by atoms with E-state index in [0.717, 1.165) is 25.9 Å². The predicted molar refractivity (Wildman–Crippen MR) is 86.2 cm³/mol. The highest BCUT2D eigenvalue weighted by molar-refractivity contribution is 7.14. The molecule has 7 nitrogen and oxygen atoms in total. The summed E-state index contributed by atoms with van der Waals surface area (Å²) in [6.45, 7) is 1.67. The molecule has 1 saturated heterocycles. The monoisotopic (exact) mass is 331 g/mol. The van der Waals surface area contributed by atoms with Crippen LogP contribution < -0.4 is 5.32 Å². The first-order chi connectivity index (χ1) is 11.2. The van der Waals surface area contributed by atoms with E-state index in [1.54, 1.807) is 5.38 Å². The van der Waals surface area contributed by atoms with Crippen LogP contribution in [0.25, 0.3) is 0 Å². The number of amides is 2. The van der Waals surface area contributed by atoms with E-state index in [2.05, 4.69) is 20.3 Å². The maximum absolute atomic E-state index is 12.2. The van der Waals surface area contributed by atoms with Crippen LogP contribution in [0, 0.1) is 0 Å². The van der Waals surface area contributed by atoms with Gasteiger partial charge >= 0.3 is 0 Å². The summed E-state index contributed by atoms with van der Waals surface area (Å²) in [6, 6.07) is 0. The molecule has 8 heteroatoms. The number of thiazole rings is 1. The second-order valence-electron chi connectivity index (χ2n) is 5.31. The molecule has 2 aromatic heterocycles. The molecule has 23 heavy (non-hydrogen) atoms. The molecule has 0 unspecified atom stereocenters. The van der Waals surface area contributed by atoms with Gasteiger partial charge in [-0.2, -0.15) is 0 Å². The van der Waals surface area contributed by atoms with Crippen LogP contribution in [0.15, 0.2) is 24.0 Å². The summed E-state index contributed by atoms with van der Waals surface area (Å²) in [5.41, 5.74) is 0.911. The molecule has 0 atom stereocenters. The molecule has 0 saturated carbocycles. The lowest BCUT2D eigenvalue weighted by atomic mass is 10.1. The van der Waals surface area contributed by atoms with E-state index in [1.165, 1.54) is 36.3 Å². The number of anilines is 1. The van der Waals surface area contributed by atoms with Crippen LogP contribution in [0.2, 0.25) is 0 Å². The minimum absolute atomic E-state index is 0.0989. The van der Waals surface area contributed by atoms with E-state index in [-0.39, 0.29) is 23.9 Å². The summed E-state index contributed by atoms with van der Waals surface area (Å²) in [4.78, 5) is 38.2. The molecule has 1 fully saturated rings. The molecule has 0 spiro atoms. The van der Waals surface area contributed by atoms with Crippen molar-refractivity contribution in [3.05, 3.63) is 35.4 Å². The van der Waals surface area contributed by atoms with Gasteiger partial charge in [-0.3, -0.25) is 19.9 Å². The summed E-state index contributed by atoms with van der Waals surface area (Å²) in [7, 11) is 0. The van der Waals surface area contributed by atoms with E-state index in [4.69, 9.17) is 0 Å². The van der Waals surface area contributed by atoms with Crippen molar-refractivity contribution in [2.45, 2.75) is 25.7 Å². The van der Waals surface area contributed by atoms with Gasteiger partial charge in [-0.1, -0.05) is 0 Å². The van der Waals surface area contributed by atoms with E-state index < -0.39 is 0 Å². The summed E-state index contributed by atoms with van der Waals surface area (Å²) in [5, 5.41) is 4.93. The smallest absolute Gasteiger partial charge is 0.277 e. The van der Waals surface area contributed by atoms with Crippen molar-refractivity contribution >= 4 is 28.3 Å². The van der Waals surface area contributed by atoms with Crippen LogP contribution in [-0.4, -0.2) is 44.8 Å². The average molecular weight is 331 g/mol. The number of nitrogens with one attached hydrogen (secondary N) is 1. The van der Waals surface area contributed by atoms with Gasteiger partial charge in [-0.05, 0) is 19.3 Å². The van der Waals surface area contributed by atoms with Crippen molar-refractivity contribution < 1.29 is 9.59 Å². The zero-order chi connectivity index (χ0) is 16.1. The molecular weight excluding hydrogens is 314 g/mol. The van der Waals surface area contributed by atoms with Crippen molar-refractivity contribution in [1.29, 1.82) is 0 Å². The molecule has 1 aliphatic heterocycles. The molecule has 1 N–H and O–H groups in total. The summed E-state index contributed by atoms with van der Waals surface area (Å²) in [5.74, 6) is -0.261. The minimum atomic E-state index is -0.360. The molecule has 0 aromatic carbocycles. The zero-order valence-electron chi connectivity index (χ0n) is 12.6. The molecular formula is C15H17N5O2S. The molecule has 3 heterocycles. The highest BCUT2D eigenvalue weighted by atomic mass is 32.1. The maximum Gasteiger partial charge on any atom is 0.277 e. The number of rotatable bonds is 4. The van der Waals surface area contributed by atoms with E-state index in [9.17, 15) is 9.59 Å². The molecule has 3 rings (SSSR count). The van der Waals surface area contributed by atoms with Crippen molar-refractivity contribution in [2.24, 2.45) is 0 Å². The number of aromatic nitrogens is 3. The SMILES string of the molecule is O=C(Nc1nc(CC(=O)N2CCCCC2)cs1)c1cnccn1. The number of carbonyl (C=O) groups is 2. The predicted octanol–water partition coefficient (Wildman–Crippen LogP) is 1.74. The number of nitrogens with zero attached hydrogens (tertiary/aromatic N) is 4. The van der Waals surface area contributed by atoms with Gasteiger partial charge in [0.15, 0.2) is 5.13 Å². The topological polar surface area (TPSA) is 88.1 Å². The van der Waals surface area contributed by atoms with Gasteiger partial charge in [0, 0.05) is 30.9 Å². The quantitative estimate of drug-likeness (QED) is 0.922. The number of likely N-dealkylation sites (tertiary alicyclic amines) is 1. The number of piperidine rings is 1. The van der Waals surface area contributed by atoms with Crippen LogP contribution in [0.1, 0.15) is 35.4 Å². The van der Waals surface area contributed by atoms with Crippen molar-refractivity contribution in [3.63, 3.8) is 0 Å². The standard InChI is InChI=1S/C15H17N5O2S/c21-13(20-6-2-1-3-7-20)8-11-10-23-15(18-11)19-14(22)12-9-16-4-5-17-12/h4-5,9-10H,1-3,6-8H2,(H,18,19,22). The Kier molecular flexibility index (Phi) is 4.92. The Morgan fingerprint density at radius 2 is 2.04 bits per heavy atom. The third kappa shape index (κ3) is 4.10. The largest absolute Gasteiger partial charge is 0.342 e. The molecule has 2 aromatic rings. The molecule has 120 valence electrons. The summed E-state index contributed by atoms with van der Waals surface area (Å²) >= 11 is 1.30. The first-order valence-corrected chi connectivity index (χ1v) is 8.40.